The van der Waals surface area contributed by atoms with Gasteiger partial charge in [0.15, 0.2) is 0 Å². The van der Waals surface area contributed by atoms with E-state index in [0.717, 1.165) is 32.1 Å². The monoisotopic (exact) mass is 268 g/mol. The SMILES string of the molecule is C=CCN(CCC)C(=O)N(CC(=O)O)C1CCCC1. The van der Waals surface area contributed by atoms with Gasteiger partial charge in [-0.1, -0.05) is 25.8 Å². The van der Waals surface area contributed by atoms with Crippen LogP contribution in [-0.2, 0) is 4.79 Å². The van der Waals surface area contributed by atoms with E-state index in [1.54, 1.807) is 11.0 Å². The molecule has 0 heterocycles. The molecule has 5 heteroatoms. The number of carbonyl (C=O) groups excluding carboxylic acids is 1. The first-order valence-corrected chi connectivity index (χ1v) is 6.98. The van der Waals surface area contributed by atoms with E-state index in [4.69, 9.17) is 5.11 Å². The van der Waals surface area contributed by atoms with Gasteiger partial charge in [0.05, 0.1) is 0 Å². The molecule has 0 aromatic heterocycles. The minimum Gasteiger partial charge on any atom is -0.480 e. The van der Waals surface area contributed by atoms with Gasteiger partial charge in [-0.3, -0.25) is 4.79 Å². The van der Waals surface area contributed by atoms with Crippen LogP contribution < -0.4 is 0 Å². The van der Waals surface area contributed by atoms with Crippen molar-refractivity contribution in [3.63, 3.8) is 0 Å². The normalized spacial score (nSPS) is 15.2. The fourth-order valence-corrected chi connectivity index (χ4v) is 2.59. The molecule has 1 aliphatic carbocycles. The summed E-state index contributed by atoms with van der Waals surface area (Å²) in [6, 6.07) is -0.0937. The molecule has 0 unspecified atom stereocenters. The molecule has 0 atom stereocenters. The van der Waals surface area contributed by atoms with Crippen molar-refractivity contribution in [2.75, 3.05) is 19.6 Å². The van der Waals surface area contributed by atoms with Crippen molar-refractivity contribution >= 4 is 12.0 Å². The fraction of sp³-hybridized carbons (Fsp3) is 0.714. The first-order chi connectivity index (χ1) is 9.10. The van der Waals surface area contributed by atoms with Crippen LogP contribution in [0.3, 0.4) is 0 Å². The third-order valence-electron chi connectivity index (χ3n) is 3.43. The van der Waals surface area contributed by atoms with Crippen molar-refractivity contribution in [1.82, 2.24) is 9.80 Å². The first kappa shape index (κ1) is 15.5. The van der Waals surface area contributed by atoms with E-state index in [1.165, 1.54) is 4.90 Å². The lowest BCUT2D eigenvalue weighted by Gasteiger charge is -2.33. The highest BCUT2D eigenvalue weighted by molar-refractivity contribution is 5.80. The molecule has 2 amide bonds. The lowest BCUT2D eigenvalue weighted by molar-refractivity contribution is -0.138. The van der Waals surface area contributed by atoms with Crippen LogP contribution in [0.1, 0.15) is 39.0 Å². The van der Waals surface area contributed by atoms with E-state index in [0.29, 0.717) is 13.1 Å². The zero-order valence-electron chi connectivity index (χ0n) is 11.7. The highest BCUT2D eigenvalue weighted by Gasteiger charge is 2.30. The summed E-state index contributed by atoms with van der Waals surface area (Å²) >= 11 is 0. The van der Waals surface area contributed by atoms with E-state index >= 15 is 0 Å². The second-order valence-corrected chi connectivity index (χ2v) is 4.98. The zero-order chi connectivity index (χ0) is 14.3. The van der Waals surface area contributed by atoms with E-state index in [9.17, 15) is 9.59 Å². The number of nitrogens with zero attached hydrogens (tertiary/aromatic N) is 2. The molecule has 0 spiro atoms. The summed E-state index contributed by atoms with van der Waals surface area (Å²) in [4.78, 5) is 26.7. The number of hydrogen-bond acceptors (Lipinski definition) is 2. The van der Waals surface area contributed by atoms with Crippen LogP contribution in [0.2, 0.25) is 0 Å². The molecule has 0 radical (unpaired) electrons. The van der Waals surface area contributed by atoms with Crippen LogP contribution in [0.5, 0.6) is 0 Å². The Morgan fingerprint density at radius 2 is 2.00 bits per heavy atom. The number of rotatable bonds is 7. The number of carboxylic acid groups (broad SMARTS) is 1. The molecule has 0 aliphatic heterocycles. The number of amides is 2. The average Bonchev–Trinajstić information content (AvgIpc) is 2.88. The molecule has 0 saturated heterocycles. The van der Waals surface area contributed by atoms with Crippen molar-refractivity contribution in [3.05, 3.63) is 12.7 Å². The summed E-state index contributed by atoms with van der Waals surface area (Å²) in [6.45, 7) is 6.55. The smallest absolute Gasteiger partial charge is 0.323 e. The minimum atomic E-state index is -0.949. The zero-order valence-corrected chi connectivity index (χ0v) is 11.7. The van der Waals surface area contributed by atoms with E-state index in [-0.39, 0.29) is 18.6 Å². The Labute approximate surface area is 114 Å². The van der Waals surface area contributed by atoms with Crippen molar-refractivity contribution in [3.8, 4) is 0 Å². The predicted octanol–water partition coefficient (Wildman–Crippen LogP) is 2.33. The van der Waals surface area contributed by atoms with Gasteiger partial charge in [0, 0.05) is 19.1 Å². The third-order valence-corrected chi connectivity index (χ3v) is 3.43. The molecule has 0 aromatic rings. The van der Waals surface area contributed by atoms with Gasteiger partial charge in [-0.2, -0.15) is 0 Å². The van der Waals surface area contributed by atoms with Gasteiger partial charge in [0.1, 0.15) is 6.54 Å². The molecule has 1 N–H and O–H groups in total. The summed E-state index contributed by atoms with van der Waals surface area (Å²) < 4.78 is 0. The van der Waals surface area contributed by atoms with Crippen molar-refractivity contribution in [2.24, 2.45) is 0 Å². The molecule has 0 bridgehead atoms. The minimum absolute atomic E-state index is 0.0766. The molecule has 19 heavy (non-hydrogen) atoms. The number of carboxylic acids is 1. The Morgan fingerprint density at radius 1 is 1.37 bits per heavy atom. The summed E-state index contributed by atoms with van der Waals surface area (Å²) in [6.07, 6.45) is 6.50. The van der Waals surface area contributed by atoms with Crippen LogP contribution in [0.25, 0.3) is 0 Å². The Morgan fingerprint density at radius 3 is 2.47 bits per heavy atom. The number of urea groups is 1. The van der Waals surface area contributed by atoms with Gasteiger partial charge >= 0.3 is 12.0 Å². The largest absolute Gasteiger partial charge is 0.480 e. The topological polar surface area (TPSA) is 60.9 Å². The van der Waals surface area contributed by atoms with Gasteiger partial charge in [-0.15, -0.1) is 6.58 Å². The molecule has 1 aliphatic rings. The number of aliphatic carboxylic acids is 1. The molecular weight excluding hydrogens is 244 g/mol. The quantitative estimate of drug-likeness (QED) is 0.721. The van der Waals surface area contributed by atoms with Crippen molar-refractivity contribution in [1.29, 1.82) is 0 Å². The lowest BCUT2D eigenvalue weighted by atomic mass is 10.2. The Kier molecular flexibility index (Phi) is 6.39. The van der Waals surface area contributed by atoms with Crippen LogP contribution in [0.15, 0.2) is 12.7 Å². The highest BCUT2D eigenvalue weighted by atomic mass is 16.4. The van der Waals surface area contributed by atoms with Gasteiger partial charge in [-0.25, -0.2) is 4.79 Å². The van der Waals surface area contributed by atoms with E-state index in [2.05, 4.69) is 6.58 Å². The average molecular weight is 268 g/mol. The third kappa shape index (κ3) is 4.58. The van der Waals surface area contributed by atoms with Crippen LogP contribution in [0.4, 0.5) is 4.79 Å². The standard InChI is InChI=1S/C14H24N2O3/c1-3-9-15(10-4-2)14(19)16(11-13(17)18)12-7-5-6-8-12/h3,12H,1,4-11H2,2H3,(H,17,18). The van der Waals surface area contributed by atoms with Crippen molar-refractivity contribution < 1.29 is 14.7 Å². The molecule has 1 fully saturated rings. The van der Waals surface area contributed by atoms with Crippen LogP contribution >= 0.6 is 0 Å². The molecule has 108 valence electrons. The molecule has 0 aromatic carbocycles. The fourth-order valence-electron chi connectivity index (χ4n) is 2.59. The highest BCUT2D eigenvalue weighted by Crippen LogP contribution is 2.24. The Hall–Kier alpha value is -1.52. The van der Waals surface area contributed by atoms with Crippen LogP contribution in [0, 0.1) is 0 Å². The summed E-state index contributed by atoms with van der Waals surface area (Å²) in [5.41, 5.74) is 0. The molecular formula is C14H24N2O3. The maximum atomic E-state index is 12.5. The lowest BCUT2D eigenvalue weighted by Crippen LogP contribution is -2.49. The summed E-state index contributed by atoms with van der Waals surface area (Å²) in [5, 5.41) is 9.00. The van der Waals surface area contributed by atoms with Gasteiger partial charge in [-0.05, 0) is 19.3 Å². The van der Waals surface area contributed by atoms with Crippen LogP contribution in [-0.4, -0.2) is 52.6 Å². The number of carbonyl (C=O) groups is 2. The van der Waals surface area contributed by atoms with E-state index < -0.39 is 5.97 Å². The Balaban J connectivity index is 2.77. The maximum absolute atomic E-state index is 12.5. The van der Waals surface area contributed by atoms with Gasteiger partial charge in [0.25, 0.3) is 0 Å². The van der Waals surface area contributed by atoms with Gasteiger partial charge in [0.2, 0.25) is 0 Å². The number of hydrogen-bond donors (Lipinski definition) is 1. The predicted molar refractivity (Wildman–Crippen MR) is 74.1 cm³/mol. The second kappa shape index (κ2) is 7.81. The first-order valence-electron chi connectivity index (χ1n) is 6.98. The van der Waals surface area contributed by atoms with Crippen molar-refractivity contribution in [2.45, 2.75) is 45.1 Å². The summed E-state index contributed by atoms with van der Waals surface area (Å²) in [5.74, 6) is -0.949. The molecule has 1 saturated carbocycles. The second-order valence-electron chi connectivity index (χ2n) is 4.98. The maximum Gasteiger partial charge on any atom is 0.323 e. The Bertz CT molecular complexity index is 325. The molecule has 1 rings (SSSR count). The van der Waals surface area contributed by atoms with Gasteiger partial charge < -0.3 is 14.9 Å². The van der Waals surface area contributed by atoms with E-state index in [1.807, 2.05) is 6.92 Å². The summed E-state index contributed by atoms with van der Waals surface area (Å²) in [7, 11) is 0. The molecule has 5 nitrogen and oxygen atoms in total.